The number of carboxylic acid groups (broad SMARTS) is 1. The predicted molar refractivity (Wildman–Crippen MR) is 72.5 cm³/mol. The van der Waals surface area contributed by atoms with Crippen LogP contribution < -0.4 is 0 Å². The van der Waals surface area contributed by atoms with Crippen molar-refractivity contribution in [2.75, 3.05) is 0 Å². The number of carboxylic acids is 1. The van der Waals surface area contributed by atoms with E-state index in [-0.39, 0.29) is 11.6 Å². The van der Waals surface area contributed by atoms with Crippen LogP contribution in [0.25, 0.3) is 11.0 Å². The van der Waals surface area contributed by atoms with Crippen molar-refractivity contribution >= 4 is 17.0 Å². The lowest BCUT2D eigenvalue weighted by Crippen LogP contribution is -2.12. The standard InChI is InChI=1S/C14H12N4O2/c1-9(11-6-2-3-8-15-11)18-13-10(14(19)20)5-4-7-12(13)16-17-18/h2-9H,1H3,(H,19,20). The third-order valence-electron chi connectivity index (χ3n) is 3.21. The van der Waals surface area contributed by atoms with Crippen molar-refractivity contribution in [3.05, 3.63) is 53.9 Å². The van der Waals surface area contributed by atoms with Gasteiger partial charge in [0.15, 0.2) is 0 Å². The lowest BCUT2D eigenvalue weighted by atomic mass is 10.1. The van der Waals surface area contributed by atoms with Crippen LogP contribution in [0.1, 0.15) is 29.0 Å². The molecule has 1 atom stereocenters. The molecule has 100 valence electrons. The van der Waals surface area contributed by atoms with Crippen LogP contribution in [-0.4, -0.2) is 31.1 Å². The minimum atomic E-state index is -0.993. The fourth-order valence-corrected chi connectivity index (χ4v) is 2.19. The van der Waals surface area contributed by atoms with Gasteiger partial charge in [-0.1, -0.05) is 17.3 Å². The third-order valence-corrected chi connectivity index (χ3v) is 3.21. The van der Waals surface area contributed by atoms with E-state index in [0.29, 0.717) is 11.0 Å². The quantitative estimate of drug-likeness (QED) is 0.787. The molecular weight excluding hydrogens is 256 g/mol. The van der Waals surface area contributed by atoms with Crippen LogP contribution >= 0.6 is 0 Å². The number of para-hydroxylation sites is 1. The number of aromatic carboxylic acids is 1. The Kier molecular flexibility index (Phi) is 2.90. The molecule has 1 unspecified atom stereocenters. The van der Waals surface area contributed by atoms with E-state index in [2.05, 4.69) is 15.3 Å². The molecule has 2 heterocycles. The number of pyridine rings is 1. The zero-order valence-electron chi connectivity index (χ0n) is 10.8. The predicted octanol–water partition coefficient (Wildman–Crippen LogP) is 2.13. The molecule has 0 amide bonds. The van der Waals surface area contributed by atoms with Gasteiger partial charge in [-0.25, -0.2) is 9.48 Å². The summed E-state index contributed by atoms with van der Waals surface area (Å²) in [4.78, 5) is 15.6. The maximum atomic E-state index is 11.3. The molecular formula is C14H12N4O2. The summed E-state index contributed by atoms with van der Waals surface area (Å²) in [6.07, 6.45) is 1.70. The largest absolute Gasteiger partial charge is 0.478 e. The van der Waals surface area contributed by atoms with E-state index in [4.69, 9.17) is 0 Å². The van der Waals surface area contributed by atoms with Gasteiger partial charge in [0.1, 0.15) is 11.0 Å². The van der Waals surface area contributed by atoms with Crippen molar-refractivity contribution in [3.8, 4) is 0 Å². The molecule has 6 heteroatoms. The molecule has 0 aliphatic heterocycles. The van der Waals surface area contributed by atoms with Gasteiger partial charge in [0.05, 0.1) is 17.3 Å². The molecule has 0 spiro atoms. The van der Waals surface area contributed by atoms with Gasteiger partial charge in [-0.3, -0.25) is 4.98 Å². The van der Waals surface area contributed by atoms with Crippen LogP contribution in [0.5, 0.6) is 0 Å². The first-order valence-electron chi connectivity index (χ1n) is 6.16. The highest BCUT2D eigenvalue weighted by Crippen LogP contribution is 2.23. The summed E-state index contributed by atoms with van der Waals surface area (Å²) in [5.74, 6) is -0.993. The minimum absolute atomic E-state index is 0.190. The Bertz CT molecular complexity index is 767. The second kappa shape index (κ2) is 4.73. The van der Waals surface area contributed by atoms with E-state index in [1.54, 1.807) is 29.1 Å². The average molecular weight is 268 g/mol. The molecule has 1 aromatic carbocycles. The maximum absolute atomic E-state index is 11.3. The Morgan fingerprint density at radius 2 is 2.10 bits per heavy atom. The van der Waals surface area contributed by atoms with Crippen LogP contribution in [0.4, 0.5) is 0 Å². The summed E-state index contributed by atoms with van der Waals surface area (Å²) in [6, 6.07) is 10.4. The topological polar surface area (TPSA) is 80.9 Å². The molecule has 0 fully saturated rings. The molecule has 3 rings (SSSR count). The van der Waals surface area contributed by atoms with Gasteiger partial charge in [0.25, 0.3) is 0 Å². The van der Waals surface area contributed by atoms with E-state index in [0.717, 1.165) is 5.69 Å². The fraction of sp³-hybridized carbons (Fsp3) is 0.143. The highest BCUT2D eigenvalue weighted by molar-refractivity contribution is 6.00. The molecule has 0 bridgehead atoms. The zero-order chi connectivity index (χ0) is 14.1. The van der Waals surface area contributed by atoms with Gasteiger partial charge in [-0.15, -0.1) is 5.10 Å². The number of benzene rings is 1. The molecule has 1 N–H and O–H groups in total. The molecule has 6 nitrogen and oxygen atoms in total. The second-order valence-electron chi connectivity index (χ2n) is 4.44. The summed E-state index contributed by atoms with van der Waals surface area (Å²) < 4.78 is 1.60. The van der Waals surface area contributed by atoms with Gasteiger partial charge in [-0.2, -0.15) is 0 Å². The molecule has 3 aromatic rings. The Labute approximate surface area is 114 Å². The van der Waals surface area contributed by atoms with Gasteiger partial charge < -0.3 is 5.11 Å². The lowest BCUT2D eigenvalue weighted by Gasteiger charge is -2.12. The summed E-state index contributed by atoms with van der Waals surface area (Å²) in [6.45, 7) is 1.91. The van der Waals surface area contributed by atoms with Crippen molar-refractivity contribution in [2.24, 2.45) is 0 Å². The second-order valence-corrected chi connectivity index (χ2v) is 4.44. The Morgan fingerprint density at radius 1 is 1.25 bits per heavy atom. The van der Waals surface area contributed by atoms with Crippen LogP contribution in [0, 0.1) is 0 Å². The number of aromatic nitrogens is 4. The van der Waals surface area contributed by atoms with Gasteiger partial charge in [-0.05, 0) is 31.2 Å². The first kappa shape index (κ1) is 12.3. The van der Waals surface area contributed by atoms with Gasteiger partial charge in [0, 0.05) is 6.20 Å². The zero-order valence-corrected chi connectivity index (χ0v) is 10.8. The Morgan fingerprint density at radius 3 is 2.80 bits per heavy atom. The third kappa shape index (κ3) is 1.91. The Balaban J connectivity index is 2.20. The fourth-order valence-electron chi connectivity index (χ4n) is 2.19. The number of fused-ring (bicyclic) bond motifs is 1. The number of carbonyl (C=O) groups is 1. The van der Waals surface area contributed by atoms with Gasteiger partial charge >= 0.3 is 5.97 Å². The molecule has 20 heavy (non-hydrogen) atoms. The van der Waals surface area contributed by atoms with Gasteiger partial charge in [0.2, 0.25) is 0 Å². The van der Waals surface area contributed by atoms with Crippen molar-refractivity contribution in [3.63, 3.8) is 0 Å². The molecule has 2 aromatic heterocycles. The van der Waals surface area contributed by atoms with E-state index in [1.807, 2.05) is 25.1 Å². The first-order chi connectivity index (χ1) is 9.68. The molecule has 0 aliphatic carbocycles. The smallest absolute Gasteiger partial charge is 0.337 e. The SMILES string of the molecule is CC(c1ccccn1)n1nnc2cccc(C(=O)O)c21. The van der Waals surface area contributed by atoms with Crippen LogP contribution in [-0.2, 0) is 0 Å². The first-order valence-corrected chi connectivity index (χ1v) is 6.16. The van der Waals surface area contributed by atoms with Crippen molar-refractivity contribution < 1.29 is 9.90 Å². The monoisotopic (exact) mass is 268 g/mol. The van der Waals surface area contributed by atoms with Crippen molar-refractivity contribution in [2.45, 2.75) is 13.0 Å². The minimum Gasteiger partial charge on any atom is -0.478 e. The maximum Gasteiger partial charge on any atom is 0.337 e. The van der Waals surface area contributed by atoms with E-state index in [1.165, 1.54) is 0 Å². The Hall–Kier alpha value is -2.76. The summed E-state index contributed by atoms with van der Waals surface area (Å²) in [5, 5.41) is 17.4. The van der Waals surface area contributed by atoms with Crippen LogP contribution in [0.15, 0.2) is 42.6 Å². The summed E-state index contributed by atoms with van der Waals surface area (Å²) in [7, 11) is 0. The lowest BCUT2D eigenvalue weighted by molar-refractivity contribution is 0.0698. The number of hydrogen-bond acceptors (Lipinski definition) is 4. The van der Waals surface area contributed by atoms with E-state index >= 15 is 0 Å². The number of nitrogens with zero attached hydrogens (tertiary/aromatic N) is 4. The van der Waals surface area contributed by atoms with Crippen LogP contribution in [0.2, 0.25) is 0 Å². The molecule has 0 saturated carbocycles. The van der Waals surface area contributed by atoms with Crippen molar-refractivity contribution in [1.29, 1.82) is 0 Å². The van der Waals surface area contributed by atoms with E-state index < -0.39 is 5.97 Å². The molecule has 0 radical (unpaired) electrons. The summed E-state index contributed by atoms with van der Waals surface area (Å²) >= 11 is 0. The van der Waals surface area contributed by atoms with E-state index in [9.17, 15) is 9.90 Å². The highest BCUT2D eigenvalue weighted by atomic mass is 16.4. The molecule has 0 aliphatic rings. The number of hydrogen-bond donors (Lipinski definition) is 1. The highest BCUT2D eigenvalue weighted by Gasteiger charge is 2.19. The van der Waals surface area contributed by atoms with Crippen molar-refractivity contribution in [1.82, 2.24) is 20.0 Å². The van der Waals surface area contributed by atoms with Crippen LogP contribution in [0.3, 0.4) is 0 Å². The average Bonchev–Trinajstić information content (AvgIpc) is 2.91. The summed E-state index contributed by atoms with van der Waals surface area (Å²) in [5.41, 5.74) is 2.07. The molecule has 0 saturated heterocycles. The normalized spacial score (nSPS) is 12.4. The number of rotatable bonds is 3.